The third-order valence-electron chi connectivity index (χ3n) is 13.5. The van der Waals surface area contributed by atoms with Gasteiger partial charge in [-0.2, -0.15) is 0 Å². The smallest absolute Gasteiger partial charge is 0.306 e. The van der Waals surface area contributed by atoms with E-state index in [0.29, 0.717) is 19.3 Å². The van der Waals surface area contributed by atoms with Gasteiger partial charge in [-0.1, -0.05) is 269 Å². The second-order valence-corrected chi connectivity index (χ2v) is 21.3. The summed E-state index contributed by atoms with van der Waals surface area (Å²) in [6, 6.07) is 0. The first kappa shape index (κ1) is 75.3. The van der Waals surface area contributed by atoms with Crippen LogP contribution in [0.4, 0.5) is 0 Å². The van der Waals surface area contributed by atoms with Crippen LogP contribution in [0.1, 0.15) is 284 Å². The average molecular weight is 1110 g/mol. The molecule has 1 unspecified atom stereocenters. The number of esters is 3. The fourth-order valence-corrected chi connectivity index (χ4v) is 8.64. The fraction of sp³-hybridized carbons (Fsp3) is 0.635. The molecule has 0 aromatic heterocycles. The van der Waals surface area contributed by atoms with Crippen LogP contribution >= 0.6 is 0 Å². The number of carbonyl (C=O) groups excluding carboxylic acids is 3. The normalized spacial score (nSPS) is 13.1. The number of carbonyl (C=O) groups is 3. The predicted molar refractivity (Wildman–Crippen MR) is 348 cm³/mol. The summed E-state index contributed by atoms with van der Waals surface area (Å²) >= 11 is 0. The molecule has 0 aromatic rings. The minimum atomic E-state index is -0.795. The number of ether oxygens (including phenoxy) is 3. The predicted octanol–water partition coefficient (Wildman–Crippen LogP) is 22.7. The van der Waals surface area contributed by atoms with E-state index >= 15 is 0 Å². The second kappa shape index (κ2) is 66.8. The molecule has 0 aromatic carbocycles. The SMILES string of the molecule is CC/C=C\C/C=C\C/C=C\C/C=C\C/C=C\C/C=C\C/C=C\C/C=C\C/C=C\CCCCCCCCCC(=O)OCC(COC(=O)CCCCCCC/C=C\CCC)OC(=O)CCCCCCCCC/C=C\C/C=C\CCCCC. The molecule has 0 radical (unpaired) electrons. The molecule has 0 saturated carbocycles. The molecule has 0 amide bonds. The maximum Gasteiger partial charge on any atom is 0.306 e. The summed E-state index contributed by atoms with van der Waals surface area (Å²) in [5, 5.41) is 0. The maximum atomic E-state index is 12.9. The van der Waals surface area contributed by atoms with Crippen molar-refractivity contribution in [3.8, 4) is 0 Å². The second-order valence-electron chi connectivity index (χ2n) is 21.3. The Bertz CT molecular complexity index is 1750. The topological polar surface area (TPSA) is 78.9 Å². The Labute approximate surface area is 493 Å². The molecule has 6 nitrogen and oxygen atoms in total. The highest BCUT2D eigenvalue weighted by molar-refractivity contribution is 5.71. The van der Waals surface area contributed by atoms with E-state index in [1.807, 2.05) is 0 Å². The van der Waals surface area contributed by atoms with Gasteiger partial charge in [-0.05, 0) is 141 Å². The Hall–Kier alpha value is -4.71. The summed E-state index contributed by atoms with van der Waals surface area (Å²) < 4.78 is 16.9. The maximum absolute atomic E-state index is 12.9. The van der Waals surface area contributed by atoms with Gasteiger partial charge >= 0.3 is 17.9 Å². The molecule has 0 aliphatic carbocycles. The quantitative estimate of drug-likeness (QED) is 0.0261. The van der Waals surface area contributed by atoms with Gasteiger partial charge in [0.25, 0.3) is 0 Å². The lowest BCUT2D eigenvalue weighted by Crippen LogP contribution is -2.30. The van der Waals surface area contributed by atoms with Gasteiger partial charge in [-0.25, -0.2) is 0 Å². The van der Waals surface area contributed by atoms with Crippen LogP contribution < -0.4 is 0 Å². The molecule has 0 saturated heterocycles. The molecule has 0 spiro atoms. The molecule has 6 heteroatoms. The number of unbranched alkanes of at least 4 members (excludes halogenated alkanes) is 23. The van der Waals surface area contributed by atoms with E-state index in [1.54, 1.807) is 0 Å². The van der Waals surface area contributed by atoms with Crippen molar-refractivity contribution in [3.63, 3.8) is 0 Å². The number of rotatable bonds is 58. The van der Waals surface area contributed by atoms with E-state index in [0.717, 1.165) is 154 Å². The molecule has 80 heavy (non-hydrogen) atoms. The van der Waals surface area contributed by atoms with Crippen LogP contribution in [0.5, 0.6) is 0 Å². The van der Waals surface area contributed by atoms with Crippen molar-refractivity contribution in [2.24, 2.45) is 0 Å². The lowest BCUT2D eigenvalue weighted by molar-refractivity contribution is -0.167. The number of allylic oxidation sites excluding steroid dienone is 24. The zero-order valence-corrected chi connectivity index (χ0v) is 51.8. The summed E-state index contributed by atoms with van der Waals surface area (Å²) in [6.45, 7) is 6.42. The van der Waals surface area contributed by atoms with Crippen molar-refractivity contribution < 1.29 is 28.6 Å². The van der Waals surface area contributed by atoms with Crippen molar-refractivity contribution in [1.29, 1.82) is 0 Å². The molecule has 0 rings (SSSR count). The largest absolute Gasteiger partial charge is 0.462 e. The first-order valence-electron chi connectivity index (χ1n) is 32.8. The van der Waals surface area contributed by atoms with E-state index in [4.69, 9.17) is 14.2 Å². The fourth-order valence-electron chi connectivity index (χ4n) is 8.64. The minimum Gasteiger partial charge on any atom is -0.462 e. The Morgan fingerprint density at radius 2 is 0.512 bits per heavy atom. The minimum absolute atomic E-state index is 0.0924. The Balaban J connectivity index is 4.24. The van der Waals surface area contributed by atoms with Crippen LogP contribution in [0.25, 0.3) is 0 Å². The van der Waals surface area contributed by atoms with Gasteiger partial charge in [0.05, 0.1) is 0 Å². The van der Waals surface area contributed by atoms with Crippen LogP contribution in [-0.2, 0) is 28.6 Å². The third-order valence-corrected chi connectivity index (χ3v) is 13.5. The first-order valence-corrected chi connectivity index (χ1v) is 32.8. The Morgan fingerprint density at radius 1 is 0.263 bits per heavy atom. The van der Waals surface area contributed by atoms with Gasteiger partial charge in [0.15, 0.2) is 6.10 Å². The van der Waals surface area contributed by atoms with Crippen LogP contribution in [0.2, 0.25) is 0 Å². The van der Waals surface area contributed by atoms with E-state index in [9.17, 15) is 14.4 Å². The van der Waals surface area contributed by atoms with Crippen molar-refractivity contribution in [2.45, 2.75) is 290 Å². The van der Waals surface area contributed by atoms with Gasteiger partial charge in [-0.3, -0.25) is 14.4 Å². The molecular weight excluding hydrogens is 985 g/mol. The molecular formula is C74H120O6. The Kier molecular flexibility index (Phi) is 62.9. The lowest BCUT2D eigenvalue weighted by Gasteiger charge is -2.18. The Morgan fingerprint density at radius 3 is 0.825 bits per heavy atom. The standard InChI is InChI=1S/C74H120O6/c1-4-7-10-13-16-19-22-24-26-28-29-30-31-32-33-34-35-36-37-38-39-40-41-42-43-44-45-47-48-50-52-55-58-61-64-67-73(76)79-70-71(69-78-72(75)66-63-60-57-54-21-18-15-12-9-6-3)80-74(77)68-65-62-59-56-53-51-49-46-27-25-23-20-17-14-11-8-5-2/h7,10,12,15-17,19-20,24-27,29-30,32-33,35-36,38-39,41-42,44-45,71H,4-6,8-9,11,13-14,18,21-23,28,31,34,37,40,43,46-70H2,1-3H3/b10-7-,15-12-,19-16-,20-17-,26-24-,27-25-,30-29-,33-32-,36-35-,39-38-,42-41-,45-44-. The van der Waals surface area contributed by atoms with Gasteiger partial charge in [0.1, 0.15) is 13.2 Å². The van der Waals surface area contributed by atoms with Gasteiger partial charge in [-0.15, -0.1) is 0 Å². The summed E-state index contributed by atoms with van der Waals surface area (Å²) in [6.07, 6.45) is 95.8. The van der Waals surface area contributed by atoms with Crippen molar-refractivity contribution in [2.75, 3.05) is 13.2 Å². The summed E-state index contributed by atoms with van der Waals surface area (Å²) in [5.74, 6) is -0.922. The van der Waals surface area contributed by atoms with E-state index in [2.05, 4.69) is 167 Å². The van der Waals surface area contributed by atoms with Crippen molar-refractivity contribution in [1.82, 2.24) is 0 Å². The van der Waals surface area contributed by atoms with Crippen LogP contribution in [0.3, 0.4) is 0 Å². The molecule has 452 valence electrons. The van der Waals surface area contributed by atoms with E-state index < -0.39 is 6.10 Å². The van der Waals surface area contributed by atoms with Gasteiger partial charge < -0.3 is 14.2 Å². The first-order chi connectivity index (χ1) is 39.5. The van der Waals surface area contributed by atoms with Crippen LogP contribution in [0, 0.1) is 0 Å². The molecule has 0 bridgehead atoms. The number of hydrogen-bond acceptors (Lipinski definition) is 6. The molecule has 0 N–H and O–H groups in total. The summed E-state index contributed by atoms with van der Waals surface area (Å²) in [7, 11) is 0. The molecule has 0 aliphatic rings. The van der Waals surface area contributed by atoms with Crippen molar-refractivity contribution >= 4 is 17.9 Å². The molecule has 0 heterocycles. The van der Waals surface area contributed by atoms with Gasteiger partial charge in [0.2, 0.25) is 0 Å². The number of hydrogen-bond donors (Lipinski definition) is 0. The van der Waals surface area contributed by atoms with E-state index in [1.165, 1.54) is 89.9 Å². The zero-order chi connectivity index (χ0) is 57.8. The highest BCUT2D eigenvalue weighted by Gasteiger charge is 2.19. The summed E-state index contributed by atoms with van der Waals surface area (Å²) in [4.78, 5) is 38.2. The van der Waals surface area contributed by atoms with E-state index in [-0.39, 0.29) is 31.1 Å². The molecule has 0 aliphatic heterocycles. The third kappa shape index (κ3) is 64.1. The average Bonchev–Trinajstić information content (AvgIpc) is 3.46. The highest BCUT2D eigenvalue weighted by atomic mass is 16.6. The monoisotopic (exact) mass is 1100 g/mol. The highest BCUT2D eigenvalue weighted by Crippen LogP contribution is 2.15. The van der Waals surface area contributed by atoms with Gasteiger partial charge in [0, 0.05) is 19.3 Å². The summed E-state index contributed by atoms with van der Waals surface area (Å²) in [5.41, 5.74) is 0. The lowest BCUT2D eigenvalue weighted by atomic mass is 10.1. The van der Waals surface area contributed by atoms with Crippen LogP contribution in [-0.4, -0.2) is 37.2 Å². The van der Waals surface area contributed by atoms with Crippen molar-refractivity contribution in [3.05, 3.63) is 146 Å². The molecule has 1 atom stereocenters. The zero-order valence-electron chi connectivity index (χ0n) is 51.8. The molecule has 0 fully saturated rings. The van der Waals surface area contributed by atoms with Crippen LogP contribution in [0.15, 0.2) is 146 Å².